The minimum Gasteiger partial charge on any atom is -0.0651 e. The van der Waals surface area contributed by atoms with E-state index in [0.717, 1.165) is 35.5 Å². The summed E-state index contributed by atoms with van der Waals surface area (Å²) in [4.78, 5) is 0. The summed E-state index contributed by atoms with van der Waals surface area (Å²) in [5.74, 6) is 4.75. The zero-order valence-electron chi connectivity index (χ0n) is 36.1. The Morgan fingerprint density at radius 3 is 1.33 bits per heavy atom. The Morgan fingerprint density at radius 1 is 0.455 bits per heavy atom. The first-order valence-corrected chi connectivity index (χ1v) is 22.2. The van der Waals surface area contributed by atoms with Crippen LogP contribution >= 0.6 is 0 Å². The molecule has 6 aromatic carbocycles. The van der Waals surface area contributed by atoms with Gasteiger partial charge in [0.05, 0.1) is 0 Å². The van der Waals surface area contributed by atoms with Crippen LogP contribution in [-0.2, 0) is 23.7 Å². The molecule has 8 rings (SSSR count). The molecule has 6 atom stereocenters. The lowest BCUT2D eigenvalue weighted by molar-refractivity contribution is 0.249. The smallest absolute Gasteiger partial charge is 0.00435 e. The number of benzene rings is 6. The molecule has 6 aromatic rings. The van der Waals surface area contributed by atoms with Crippen molar-refractivity contribution in [3.05, 3.63) is 119 Å². The Hall–Kier alpha value is -3.64. The monoisotopic (exact) mass is 731 g/mol. The first-order valence-electron chi connectivity index (χ1n) is 22.2. The fourth-order valence-corrected chi connectivity index (χ4v) is 10.9. The van der Waals surface area contributed by atoms with Gasteiger partial charge in [0, 0.05) is 0 Å². The molecule has 0 N–H and O–H groups in total. The molecule has 2 aliphatic rings. The van der Waals surface area contributed by atoms with Crippen molar-refractivity contribution >= 4 is 43.1 Å². The Kier molecular flexibility index (Phi) is 11.6. The van der Waals surface area contributed by atoms with E-state index in [1.165, 1.54) is 101 Å². The summed E-state index contributed by atoms with van der Waals surface area (Å²) in [5.41, 5.74) is 7.13. The van der Waals surface area contributed by atoms with Gasteiger partial charge >= 0.3 is 0 Å². The Morgan fingerprint density at radius 2 is 0.891 bits per heavy atom. The summed E-state index contributed by atoms with van der Waals surface area (Å²) in [7, 11) is 0. The molecule has 0 amide bonds. The highest BCUT2D eigenvalue weighted by Gasteiger charge is 2.41. The summed E-state index contributed by atoms with van der Waals surface area (Å²) in [5, 5.41) is 11.3. The number of hydrogen-bond acceptors (Lipinski definition) is 0. The molecular formula is C55H70. The van der Waals surface area contributed by atoms with E-state index in [-0.39, 0.29) is 0 Å². The molecule has 0 heterocycles. The third-order valence-electron chi connectivity index (χ3n) is 15.9. The maximum absolute atomic E-state index is 2.53. The third-order valence-corrected chi connectivity index (χ3v) is 15.9. The zero-order chi connectivity index (χ0) is 39.1. The fraction of sp³-hybridized carbons (Fsp3) is 0.491. The van der Waals surface area contributed by atoms with Crippen molar-refractivity contribution in [1.29, 1.82) is 0 Å². The SMILES string of the molecule is CC(C)[C@H](C)CC[C@@H](C)[C@]1(C)CCc2c1ccc1c2ccc2ccccc21.CC[C@H](CC[C@@H](C)[C@]1(C)CCc2c1ccc1c2ccc2ccccc21)C(C)C. The molecule has 55 heavy (non-hydrogen) atoms. The first-order chi connectivity index (χ1) is 26.4. The van der Waals surface area contributed by atoms with E-state index in [0.29, 0.717) is 10.8 Å². The summed E-state index contributed by atoms with van der Waals surface area (Å²) >= 11 is 0. The number of aryl methyl sites for hydroxylation is 2. The van der Waals surface area contributed by atoms with Crippen molar-refractivity contribution in [2.45, 2.75) is 138 Å². The lowest BCUT2D eigenvalue weighted by Gasteiger charge is -2.34. The van der Waals surface area contributed by atoms with Crippen LogP contribution in [0.3, 0.4) is 0 Å². The Balaban J connectivity index is 0.000000169. The second-order valence-corrected chi connectivity index (χ2v) is 19.4. The third kappa shape index (κ3) is 7.38. The van der Waals surface area contributed by atoms with E-state index in [1.54, 1.807) is 22.3 Å². The van der Waals surface area contributed by atoms with Crippen LogP contribution in [0.1, 0.15) is 136 Å². The van der Waals surface area contributed by atoms with Gasteiger partial charge in [0.15, 0.2) is 0 Å². The van der Waals surface area contributed by atoms with Gasteiger partial charge in [-0.3, -0.25) is 0 Å². The second-order valence-electron chi connectivity index (χ2n) is 19.4. The number of fused-ring (bicyclic) bond motifs is 10. The van der Waals surface area contributed by atoms with Gasteiger partial charge in [0.1, 0.15) is 0 Å². The molecule has 0 saturated carbocycles. The highest BCUT2D eigenvalue weighted by molar-refractivity contribution is 6.10. The molecule has 0 heteroatoms. The molecule has 2 aliphatic carbocycles. The van der Waals surface area contributed by atoms with Crippen LogP contribution < -0.4 is 0 Å². The van der Waals surface area contributed by atoms with Gasteiger partial charge in [-0.15, -0.1) is 0 Å². The average Bonchev–Trinajstić information content (AvgIpc) is 3.74. The highest BCUT2D eigenvalue weighted by atomic mass is 14.4. The summed E-state index contributed by atoms with van der Waals surface area (Å²) in [6.07, 6.45) is 11.8. The van der Waals surface area contributed by atoms with Gasteiger partial charge < -0.3 is 0 Å². The molecule has 0 radical (unpaired) electrons. The standard InChI is InChI=1S/C28H36.C27H34/c1-6-21(19(2)3)12-11-20(4)28(5)18-17-26-25-14-13-22-9-7-8-10-23(22)24(25)15-16-27(26)28;1-18(2)19(3)10-11-20(4)27(5)17-16-25-24-13-12-21-8-6-7-9-22(21)23(24)14-15-26(25)27/h7-10,13-16,19-21H,6,11-12,17-18H2,1-5H3;6-9,12-15,18-20H,10-11,16-17H2,1-5H3/t20-,21-,28+;19-,20-,27+/m11/s1. The van der Waals surface area contributed by atoms with Crippen LogP contribution in [-0.4, -0.2) is 0 Å². The maximum atomic E-state index is 2.53. The molecule has 0 unspecified atom stereocenters. The summed E-state index contributed by atoms with van der Waals surface area (Å²) < 4.78 is 0. The van der Waals surface area contributed by atoms with Crippen LogP contribution in [0, 0.1) is 35.5 Å². The molecule has 0 spiro atoms. The van der Waals surface area contributed by atoms with Crippen LogP contribution in [0.5, 0.6) is 0 Å². The summed E-state index contributed by atoms with van der Waals surface area (Å²) in [6, 6.07) is 36.7. The second kappa shape index (κ2) is 16.1. The largest absolute Gasteiger partial charge is 0.0651 e. The molecule has 0 aromatic heterocycles. The lowest BCUT2D eigenvalue weighted by atomic mass is 9.70. The van der Waals surface area contributed by atoms with Gasteiger partial charge in [-0.1, -0.05) is 179 Å². The van der Waals surface area contributed by atoms with Gasteiger partial charge in [0.25, 0.3) is 0 Å². The Bertz CT molecular complexity index is 2270. The lowest BCUT2D eigenvalue weighted by Crippen LogP contribution is -2.28. The summed E-state index contributed by atoms with van der Waals surface area (Å²) in [6.45, 7) is 24.3. The molecule has 290 valence electrons. The van der Waals surface area contributed by atoms with Crippen molar-refractivity contribution in [2.75, 3.05) is 0 Å². The van der Waals surface area contributed by atoms with E-state index in [9.17, 15) is 0 Å². The van der Waals surface area contributed by atoms with Gasteiger partial charge in [-0.2, -0.15) is 0 Å². The average molecular weight is 731 g/mol. The molecule has 0 bridgehead atoms. The van der Waals surface area contributed by atoms with E-state index in [4.69, 9.17) is 0 Å². The van der Waals surface area contributed by atoms with Crippen LogP contribution in [0.25, 0.3) is 43.1 Å². The molecule has 0 fully saturated rings. The number of hydrogen-bond donors (Lipinski definition) is 0. The zero-order valence-corrected chi connectivity index (χ0v) is 36.1. The van der Waals surface area contributed by atoms with E-state index in [2.05, 4.69) is 166 Å². The van der Waals surface area contributed by atoms with Crippen molar-refractivity contribution in [3.63, 3.8) is 0 Å². The fourth-order valence-electron chi connectivity index (χ4n) is 10.9. The van der Waals surface area contributed by atoms with Crippen LogP contribution in [0.4, 0.5) is 0 Å². The normalized spacial score (nSPS) is 21.5. The van der Waals surface area contributed by atoms with Crippen molar-refractivity contribution < 1.29 is 0 Å². The first kappa shape index (κ1) is 39.6. The minimum atomic E-state index is 0.324. The molecule has 0 aliphatic heterocycles. The molecule has 0 saturated heterocycles. The van der Waals surface area contributed by atoms with Crippen molar-refractivity contribution in [3.8, 4) is 0 Å². The van der Waals surface area contributed by atoms with Gasteiger partial charge in [0.2, 0.25) is 0 Å². The van der Waals surface area contributed by atoms with Crippen LogP contribution in [0.15, 0.2) is 97.1 Å². The quantitative estimate of drug-likeness (QED) is 0.116. The van der Waals surface area contributed by atoms with Gasteiger partial charge in [-0.25, -0.2) is 0 Å². The van der Waals surface area contributed by atoms with E-state index in [1.807, 2.05) is 0 Å². The minimum absolute atomic E-state index is 0.324. The predicted octanol–water partition coefficient (Wildman–Crippen LogP) is 16.2. The molecular weight excluding hydrogens is 661 g/mol. The predicted molar refractivity (Wildman–Crippen MR) is 244 cm³/mol. The topological polar surface area (TPSA) is 0 Å². The van der Waals surface area contributed by atoms with Gasteiger partial charge in [-0.05, 0) is 157 Å². The maximum Gasteiger partial charge on any atom is -0.00435 e. The van der Waals surface area contributed by atoms with Crippen molar-refractivity contribution in [1.82, 2.24) is 0 Å². The molecule has 0 nitrogen and oxygen atoms in total. The van der Waals surface area contributed by atoms with E-state index < -0.39 is 0 Å². The Labute approximate surface area is 334 Å². The van der Waals surface area contributed by atoms with Crippen LogP contribution in [0.2, 0.25) is 0 Å². The number of rotatable bonds is 11. The van der Waals surface area contributed by atoms with E-state index >= 15 is 0 Å². The van der Waals surface area contributed by atoms with Crippen molar-refractivity contribution in [2.24, 2.45) is 35.5 Å². The highest BCUT2D eigenvalue weighted by Crippen LogP contribution is 2.50.